The molecule has 0 bridgehead atoms. The summed E-state index contributed by atoms with van der Waals surface area (Å²) in [6.07, 6.45) is 0. The highest BCUT2D eigenvalue weighted by Gasteiger charge is 2.32. The van der Waals surface area contributed by atoms with Crippen molar-refractivity contribution in [2.75, 3.05) is 27.2 Å². The Morgan fingerprint density at radius 1 is 1.17 bits per heavy atom. The van der Waals surface area contributed by atoms with Gasteiger partial charge in [0.1, 0.15) is 5.75 Å². The van der Waals surface area contributed by atoms with Crippen LogP contribution in [0.25, 0.3) is 0 Å². The molecule has 1 aromatic carbocycles. The summed E-state index contributed by atoms with van der Waals surface area (Å²) in [5.74, 6) is -1.09. The number of carbonyl (C=O) groups is 3. The van der Waals surface area contributed by atoms with Crippen molar-refractivity contribution >= 4 is 29.4 Å². The van der Waals surface area contributed by atoms with Gasteiger partial charge >= 0.3 is 5.97 Å². The molecule has 1 rings (SSSR count). The quantitative estimate of drug-likeness (QED) is 0.743. The van der Waals surface area contributed by atoms with Crippen molar-refractivity contribution in [3.05, 3.63) is 29.3 Å². The van der Waals surface area contributed by atoms with E-state index in [1.54, 1.807) is 38.4 Å². The van der Waals surface area contributed by atoms with E-state index >= 15 is 0 Å². The number of rotatable bonds is 7. The van der Waals surface area contributed by atoms with Gasteiger partial charge in [-0.05, 0) is 38.1 Å². The molecule has 0 atom stereocenters. The predicted octanol–water partition coefficient (Wildman–Crippen LogP) is 1.25. The Labute approximate surface area is 145 Å². The number of nitrogens with one attached hydrogen (secondary N) is 1. The summed E-state index contributed by atoms with van der Waals surface area (Å²) in [6.45, 7) is 2.40. The fourth-order valence-electron chi connectivity index (χ4n) is 1.53. The summed E-state index contributed by atoms with van der Waals surface area (Å²) in [5, 5.41) is 2.91. The third-order valence-corrected chi connectivity index (χ3v) is 3.20. The first-order chi connectivity index (χ1) is 11.1. The van der Waals surface area contributed by atoms with Crippen molar-refractivity contribution in [3.63, 3.8) is 0 Å². The van der Waals surface area contributed by atoms with Crippen LogP contribution >= 0.6 is 11.6 Å². The van der Waals surface area contributed by atoms with Crippen molar-refractivity contribution < 1.29 is 23.9 Å². The van der Waals surface area contributed by atoms with Crippen LogP contribution in [0, 0.1) is 0 Å². The van der Waals surface area contributed by atoms with Crippen LogP contribution in [0.3, 0.4) is 0 Å². The van der Waals surface area contributed by atoms with Gasteiger partial charge in [-0.3, -0.25) is 9.59 Å². The Morgan fingerprint density at radius 3 is 2.29 bits per heavy atom. The van der Waals surface area contributed by atoms with Gasteiger partial charge < -0.3 is 19.7 Å². The maximum Gasteiger partial charge on any atom is 0.350 e. The smallest absolute Gasteiger partial charge is 0.350 e. The standard InChI is InChI=1S/C16H21ClN2O5/c1-16(2,24-12-7-5-11(17)6-8-12)15(22)23-10-13(20)18-9-14(21)19(3)4/h5-8H,9-10H2,1-4H3,(H,18,20). The third kappa shape index (κ3) is 6.45. The van der Waals surface area contributed by atoms with Crippen LogP contribution in [0.15, 0.2) is 24.3 Å². The molecule has 0 aliphatic rings. The van der Waals surface area contributed by atoms with Gasteiger partial charge in [0, 0.05) is 19.1 Å². The normalized spacial score (nSPS) is 10.7. The molecule has 8 heteroatoms. The Bertz CT molecular complexity index is 599. The molecule has 0 saturated carbocycles. The van der Waals surface area contributed by atoms with Gasteiger partial charge in [-0.15, -0.1) is 0 Å². The number of esters is 1. The highest BCUT2D eigenvalue weighted by molar-refractivity contribution is 6.30. The van der Waals surface area contributed by atoms with E-state index in [2.05, 4.69) is 5.32 Å². The van der Waals surface area contributed by atoms with Gasteiger partial charge in [0.15, 0.2) is 12.2 Å². The minimum Gasteiger partial charge on any atom is -0.476 e. The average Bonchev–Trinajstić information content (AvgIpc) is 2.51. The van der Waals surface area contributed by atoms with Gasteiger partial charge in [0.05, 0.1) is 6.54 Å². The number of carbonyl (C=O) groups excluding carboxylic acids is 3. The Kier molecular flexibility index (Phi) is 7.03. The summed E-state index contributed by atoms with van der Waals surface area (Å²) in [7, 11) is 3.15. The first-order valence-electron chi connectivity index (χ1n) is 7.20. The predicted molar refractivity (Wildman–Crippen MR) is 88.8 cm³/mol. The highest BCUT2D eigenvalue weighted by atomic mass is 35.5. The first kappa shape index (κ1) is 19.8. The second-order valence-corrected chi connectivity index (χ2v) is 6.14. The van der Waals surface area contributed by atoms with Crippen LogP contribution in [0.5, 0.6) is 5.75 Å². The molecule has 24 heavy (non-hydrogen) atoms. The molecule has 0 aliphatic heterocycles. The third-order valence-electron chi connectivity index (χ3n) is 2.95. The zero-order chi connectivity index (χ0) is 18.3. The number of hydrogen-bond donors (Lipinski definition) is 1. The summed E-state index contributed by atoms with van der Waals surface area (Å²) in [4.78, 5) is 36.3. The lowest BCUT2D eigenvalue weighted by Crippen LogP contribution is -2.42. The lowest BCUT2D eigenvalue weighted by molar-refractivity contribution is -0.162. The Balaban J connectivity index is 2.46. The fraction of sp³-hybridized carbons (Fsp3) is 0.438. The van der Waals surface area contributed by atoms with E-state index in [4.69, 9.17) is 21.1 Å². The zero-order valence-corrected chi connectivity index (χ0v) is 14.8. The minimum atomic E-state index is -1.28. The fourth-order valence-corrected chi connectivity index (χ4v) is 1.65. The second-order valence-electron chi connectivity index (χ2n) is 5.71. The number of hydrogen-bond acceptors (Lipinski definition) is 5. The van der Waals surface area contributed by atoms with Gasteiger partial charge in [0.25, 0.3) is 5.91 Å². The molecule has 0 spiro atoms. The van der Waals surface area contributed by atoms with E-state index in [-0.39, 0.29) is 12.5 Å². The Morgan fingerprint density at radius 2 is 1.75 bits per heavy atom. The summed E-state index contributed by atoms with van der Waals surface area (Å²) in [6, 6.07) is 6.51. The number of nitrogens with zero attached hydrogens (tertiary/aromatic N) is 1. The summed E-state index contributed by atoms with van der Waals surface area (Å²) < 4.78 is 10.5. The van der Waals surface area contributed by atoms with Gasteiger partial charge in [0.2, 0.25) is 5.91 Å². The van der Waals surface area contributed by atoms with Crippen molar-refractivity contribution in [2.24, 2.45) is 0 Å². The number of ether oxygens (including phenoxy) is 2. The van der Waals surface area contributed by atoms with Gasteiger partial charge in [-0.1, -0.05) is 11.6 Å². The number of benzene rings is 1. The molecule has 0 aromatic heterocycles. The molecule has 0 radical (unpaired) electrons. The second kappa shape index (κ2) is 8.54. The number of amides is 2. The van der Waals surface area contributed by atoms with Gasteiger partial charge in [-0.25, -0.2) is 4.79 Å². The largest absolute Gasteiger partial charge is 0.476 e. The lowest BCUT2D eigenvalue weighted by atomic mass is 10.1. The van der Waals surface area contributed by atoms with Crippen molar-refractivity contribution in [1.82, 2.24) is 10.2 Å². The van der Waals surface area contributed by atoms with E-state index in [0.29, 0.717) is 10.8 Å². The van der Waals surface area contributed by atoms with Crippen molar-refractivity contribution in [1.29, 1.82) is 0 Å². The topological polar surface area (TPSA) is 84.9 Å². The van der Waals surface area contributed by atoms with Crippen LogP contribution in [0.1, 0.15) is 13.8 Å². The maximum atomic E-state index is 12.1. The van der Waals surface area contributed by atoms with E-state index in [1.165, 1.54) is 18.7 Å². The SMILES string of the molecule is CN(C)C(=O)CNC(=O)COC(=O)C(C)(C)Oc1ccc(Cl)cc1. The minimum absolute atomic E-state index is 0.159. The molecular formula is C16H21ClN2O5. The van der Waals surface area contributed by atoms with E-state index in [9.17, 15) is 14.4 Å². The molecule has 0 fully saturated rings. The highest BCUT2D eigenvalue weighted by Crippen LogP contribution is 2.21. The molecular weight excluding hydrogens is 336 g/mol. The summed E-state index contributed by atoms with van der Waals surface area (Å²) in [5.41, 5.74) is -1.28. The molecule has 1 aromatic rings. The molecule has 0 saturated heterocycles. The van der Waals surface area contributed by atoms with Gasteiger partial charge in [-0.2, -0.15) is 0 Å². The maximum absolute atomic E-state index is 12.1. The number of halogens is 1. The van der Waals surface area contributed by atoms with Crippen molar-refractivity contribution in [2.45, 2.75) is 19.4 Å². The number of likely N-dealkylation sites (N-methyl/N-ethyl adjacent to an activating group) is 1. The van der Waals surface area contributed by atoms with Crippen LogP contribution in [-0.4, -0.2) is 55.5 Å². The molecule has 0 aliphatic carbocycles. The molecule has 0 heterocycles. The lowest BCUT2D eigenvalue weighted by Gasteiger charge is -2.24. The molecule has 1 N–H and O–H groups in total. The average molecular weight is 357 g/mol. The summed E-state index contributed by atoms with van der Waals surface area (Å²) >= 11 is 5.78. The van der Waals surface area contributed by atoms with Crippen LogP contribution in [0.4, 0.5) is 0 Å². The van der Waals surface area contributed by atoms with E-state index < -0.39 is 24.1 Å². The Hall–Kier alpha value is -2.28. The van der Waals surface area contributed by atoms with Crippen LogP contribution in [-0.2, 0) is 19.1 Å². The zero-order valence-electron chi connectivity index (χ0n) is 14.1. The molecule has 0 unspecified atom stereocenters. The molecule has 2 amide bonds. The molecule has 7 nitrogen and oxygen atoms in total. The van der Waals surface area contributed by atoms with Crippen LogP contribution < -0.4 is 10.1 Å². The molecule has 132 valence electrons. The van der Waals surface area contributed by atoms with Crippen LogP contribution in [0.2, 0.25) is 5.02 Å². The van der Waals surface area contributed by atoms with E-state index in [0.717, 1.165) is 0 Å². The first-order valence-corrected chi connectivity index (χ1v) is 7.58. The monoisotopic (exact) mass is 356 g/mol. The van der Waals surface area contributed by atoms with E-state index in [1.807, 2.05) is 0 Å². The van der Waals surface area contributed by atoms with Crippen molar-refractivity contribution in [3.8, 4) is 5.75 Å².